The first-order valence-electron chi connectivity index (χ1n) is 6.39. The molecule has 1 aliphatic rings. The Morgan fingerprint density at radius 2 is 1.68 bits per heavy atom. The molecule has 2 rings (SSSR count). The number of carbonyl (C=O) groups excluding carboxylic acids is 1. The van der Waals surface area contributed by atoms with Gasteiger partial charge in [0.1, 0.15) is 5.60 Å². The van der Waals surface area contributed by atoms with Crippen LogP contribution in [0.3, 0.4) is 0 Å². The molecule has 0 bridgehead atoms. The van der Waals surface area contributed by atoms with Crippen LogP contribution in [-0.4, -0.2) is 16.6 Å². The lowest BCUT2D eigenvalue weighted by Gasteiger charge is -2.25. The van der Waals surface area contributed by atoms with Crippen molar-refractivity contribution in [1.29, 1.82) is 0 Å². The molecule has 1 amide bonds. The highest BCUT2D eigenvalue weighted by atomic mass is 16.6. The van der Waals surface area contributed by atoms with Gasteiger partial charge in [0.05, 0.1) is 0 Å². The van der Waals surface area contributed by atoms with Crippen LogP contribution in [0.4, 0.5) is 4.79 Å². The Balaban J connectivity index is 2.01. The van der Waals surface area contributed by atoms with E-state index in [0.29, 0.717) is 0 Å². The molecule has 3 nitrogen and oxygen atoms in total. The van der Waals surface area contributed by atoms with Crippen LogP contribution in [-0.2, 0) is 4.74 Å². The van der Waals surface area contributed by atoms with E-state index in [1.807, 2.05) is 51.1 Å². The molecule has 0 saturated carbocycles. The SMILES string of the molecule is CC(C)(C)OC(=O)N1C=CC(c2ccccc2)C=C1. The Labute approximate surface area is 114 Å². The third-order valence-corrected chi connectivity index (χ3v) is 2.70. The van der Waals surface area contributed by atoms with Crippen molar-refractivity contribution in [3.05, 3.63) is 60.4 Å². The van der Waals surface area contributed by atoms with Crippen LogP contribution < -0.4 is 0 Å². The molecule has 0 saturated heterocycles. The quantitative estimate of drug-likeness (QED) is 0.759. The van der Waals surface area contributed by atoms with E-state index in [1.54, 1.807) is 12.4 Å². The topological polar surface area (TPSA) is 29.5 Å². The number of allylic oxidation sites excluding steroid dienone is 2. The van der Waals surface area contributed by atoms with Gasteiger partial charge >= 0.3 is 6.09 Å². The zero-order valence-corrected chi connectivity index (χ0v) is 11.5. The summed E-state index contributed by atoms with van der Waals surface area (Å²) >= 11 is 0. The van der Waals surface area contributed by atoms with Crippen molar-refractivity contribution in [3.63, 3.8) is 0 Å². The molecule has 19 heavy (non-hydrogen) atoms. The molecule has 0 fully saturated rings. The average molecular weight is 257 g/mol. The lowest BCUT2D eigenvalue weighted by molar-refractivity contribution is 0.0397. The Bertz CT molecular complexity index is 483. The molecule has 0 radical (unpaired) electrons. The lowest BCUT2D eigenvalue weighted by Crippen LogP contribution is -2.31. The Hall–Kier alpha value is -2.03. The molecular formula is C16H19NO2. The van der Waals surface area contributed by atoms with Gasteiger partial charge in [0, 0.05) is 18.3 Å². The Morgan fingerprint density at radius 3 is 2.21 bits per heavy atom. The van der Waals surface area contributed by atoms with E-state index in [2.05, 4.69) is 12.1 Å². The Morgan fingerprint density at radius 1 is 1.11 bits per heavy atom. The molecule has 0 unspecified atom stereocenters. The highest BCUT2D eigenvalue weighted by molar-refractivity contribution is 5.71. The maximum Gasteiger partial charge on any atom is 0.418 e. The monoisotopic (exact) mass is 257 g/mol. The summed E-state index contributed by atoms with van der Waals surface area (Å²) in [4.78, 5) is 13.3. The number of benzene rings is 1. The standard InChI is InChI=1S/C16H19NO2/c1-16(2,3)19-15(18)17-11-9-14(10-12-17)13-7-5-4-6-8-13/h4-12,14H,1-3H3. The van der Waals surface area contributed by atoms with Crippen molar-refractivity contribution in [3.8, 4) is 0 Å². The molecule has 0 aliphatic carbocycles. The van der Waals surface area contributed by atoms with Crippen molar-refractivity contribution in [2.75, 3.05) is 0 Å². The van der Waals surface area contributed by atoms with Crippen LogP contribution in [0.2, 0.25) is 0 Å². The predicted molar refractivity (Wildman–Crippen MR) is 75.5 cm³/mol. The van der Waals surface area contributed by atoms with Gasteiger partial charge in [0.2, 0.25) is 0 Å². The molecule has 1 aliphatic heterocycles. The Kier molecular flexibility index (Phi) is 3.74. The minimum absolute atomic E-state index is 0.208. The molecule has 0 spiro atoms. The summed E-state index contributed by atoms with van der Waals surface area (Å²) in [5.41, 5.74) is 0.730. The van der Waals surface area contributed by atoms with Gasteiger partial charge in [-0.15, -0.1) is 0 Å². The van der Waals surface area contributed by atoms with E-state index in [-0.39, 0.29) is 12.0 Å². The molecule has 1 heterocycles. The predicted octanol–water partition coefficient (Wildman–Crippen LogP) is 4.05. The summed E-state index contributed by atoms with van der Waals surface area (Å²) < 4.78 is 5.30. The lowest BCUT2D eigenvalue weighted by atomic mass is 9.98. The van der Waals surface area contributed by atoms with Crippen LogP contribution in [0.15, 0.2) is 54.9 Å². The van der Waals surface area contributed by atoms with Gasteiger partial charge in [-0.1, -0.05) is 42.5 Å². The molecule has 0 aromatic heterocycles. The van der Waals surface area contributed by atoms with Crippen LogP contribution in [0.5, 0.6) is 0 Å². The van der Waals surface area contributed by atoms with E-state index >= 15 is 0 Å². The fraction of sp³-hybridized carbons (Fsp3) is 0.312. The maximum atomic E-state index is 11.9. The van der Waals surface area contributed by atoms with Gasteiger partial charge in [-0.3, -0.25) is 4.90 Å². The third-order valence-electron chi connectivity index (χ3n) is 2.70. The second-order valence-corrected chi connectivity index (χ2v) is 5.51. The van der Waals surface area contributed by atoms with Crippen molar-refractivity contribution in [2.24, 2.45) is 0 Å². The summed E-state index contributed by atoms with van der Waals surface area (Å²) in [5.74, 6) is 0.208. The molecule has 1 aromatic carbocycles. The summed E-state index contributed by atoms with van der Waals surface area (Å²) in [5, 5.41) is 0. The number of amides is 1. The van der Waals surface area contributed by atoms with E-state index in [0.717, 1.165) is 0 Å². The first-order valence-corrected chi connectivity index (χ1v) is 6.39. The normalized spacial score (nSPS) is 15.6. The second kappa shape index (κ2) is 5.31. The molecule has 0 atom stereocenters. The number of ether oxygens (including phenoxy) is 1. The summed E-state index contributed by atoms with van der Waals surface area (Å²) in [6, 6.07) is 10.2. The number of carbonyl (C=O) groups is 1. The fourth-order valence-corrected chi connectivity index (χ4v) is 1.82. The molecule has 1 aromatic rings. The van der Waals surface area contributed by atoms with Crippen molar-refractivity contribution in [2.45, 2.75) is 32.3 Å². The number of hydrogen-bond acceptors (Lipinski definition) is 2. The van der Waals surface area contributed by atoms with E-state index in [9.17, 15) is 4.79 Å². The number of nitrogens with zero attached hydrogens (tertiary/aromatic N) is 1. The van der Waals surface area contributed by atoms with Crippen LogP contribution in [0.25, 0.3) is 0 Å². The van der Waals surface area contributed by atoms with Gasteiger partial charge in [0.25, 0.3) is 0 Å². The van der Waals surface area contributed by atoms with Crippen molar-refractivity contribution >= 4 is 6.09 Å². The van der Waals surface area contributed by atoms with Crippen molar-refractivity contribution in [1.82, 2.24) is 4.90 Å². The van der Waals surface area contributed by atoms with Gasteiger partial charge in [0.15, 0.2) is 0 Å². The zero-order chi connectivity index (χ0) is 13.9. The summed E-state index contributed by atoms with van der Waals surface area (Å²) in [6.07, 6.45) is 7.13. The van der Waals surface area contributed by atoms with Gasteiger partial charge < -0.3 is 4.74 Å². The van der Waals surface area contributed by atoms with Gasteiger partial charge in [-0.2, -0.15) is 0 Å². The van der Waals surface area contributed by atoms with Crippen LogP contribution in [0, 0.1) is 0 Å². The smallest absolute Gasteiger partial charge is 0.418 e. The van der Waals surface area contributed by atoms with Crippen LogP contribution in [0.1, 0.15) is 32.3 Å². The molecule has 100 valence electrons. The first-order chi connectivity index (χ1) is 8.96. The summed E-state index contributed by atoms with van der Waals surface area (Å²) in [7, 11) is 0. The number of hydrogen-bond donors (Lipinski definition) is 0. The van der Waals surface area contributed by atoms with E-state index in [4.69, 9.17) is 4.74 Å². The fourth-order valence-electron chi connectivity index (χ4n) is 1.82. The van der Waals surface area contributed by atoms with Gasteiger partial charge in [-0.05, 0) is 26.3 Å². The average Bonchev–Trinajstić information content (AvgIpc) is 2.38. The molecule has 0 N–H and O–H groups in total. The minimum atomic E-state index is -0.477. The second-order valence-electron chi connectivity index (χ2n) is 5.51. The van der Waals surface area contributed by atoms with E-state index in [1.165, 1.54) is 10.5 Å². The summed E-state index contributed by atoms with van der Waals surface area (Å²) in [6.45, 7) is 5.57. The zero-order valence-electron chi connectivity index (χ0n) is 11.5. The molecular weight excluding hydrogens is 238 g/mol. The van der Waals surface area contributed by atoms with Crippen LogP contribution >= 0.6 is 0 Å². The first kappa shape index (κ1) is 13.4. The van der Waals surface area contributed by atoms with Gasteiger partial charge in [-0.25, -0.2) is 4.79 Å². The maximum absolute atomic E-state index is 11.9. The van der Waals surface area contributed by atoms with Crippen molar-refractivity contribution < 1.29 is 9.53 Å². The largest absolute Gasteiger partial charge is 0.443 e. The highest BCUT2D eigenvalue weighted by Crippen LogP contribution is 2.23. The van der Waals surface area contributed by atoms with E-state index < -0.39 is 5.60 Å². The molecule has 3 heteroatoms. The minimum Gasteiger partial charge on any atom is -0.443 e. The third kappa shape index (κ3) is 3.71. The highest BCUT2D eigenvalue weighted by Gasteiger charge is 2.21. The number of rotatable bonds is 1.